The van der Waals surface area contributed by atoms with Crippen molar-refractivity contribution in [3.63, 3.8) is 0 Å². The zero-order valence-corrected chi connectivity index (χ0v) is 14.3. The number of alkyl halides is 5. The number of hydrogen-bond acceptors (Lipinski definition) is 2. The van der Waals surface area contributed by atoms with Gasteiger partial charge in [0.15, 0.2) is 0 Å². The molecule has 124 valence electrons. The molecule has 0 radical (unpaired) electrons. The zero-order chi connectivity index (χ0) is 16.7. The molecule has 2 atom stereocenters. The normalized spacial score (nSPS) is 22.5. The van der Waals surface area contributed by atoms with Crippen molar-refractivity contribution in [1.82, 2.24) is 0 Å². The van der Waals surface area contributed by atoms with Gasteiger partial charge in [-0.05, 0) is 23.1 Å². The van der Waals surface area contributed by atoms with Crippen LogP contribution in [0, 0.1) is 0 Å². The van der Waals surface area contributed by atoms with Crippen LogP contribution in [0.2, 0.25) is 0 Å². The first-order valence-corrected chi connectivity index (χ1v) is 9.12. The fourth-order valence-electron chi connectivity index (χ4n) is 2.10. The second-order valence-electron chi connectivity index (χ2n) is 5.07. The van der Waals surface area contributed by atoms with E-state index >= 15 is 0 Å². The van der Waals surface area contributed by atoms with Gasteiger partial charge >= 0.3 is 0 Å². The van der Waals surface area contributed by atoms with E-state index in [2.05, 4.69) is 0 Å². The Bertz CT molecular complexity index is 613. The quantitative estimate of drug-likeness (QED) is 0.394. The maximum absolute atomic E-state index is 13.7. The molecule has 0 aliphatic carbocycles. The highest BCUT2D eigenvalue weighted by Gasteiger charge is 2.39. The predicted octanol–water partition coefficient (Wildman–Crippen LogP) is 5.53. The fraction of sp³-hybridized carbons (Fsp3) is 0.429. The van der Waals surface area contributed by atoms with E-state index in [1.54, 1.807) is 0 Å². The summed E-state index contributed by atoms with van der Waals surface area (Å²) in [5.74, 6) is -6.10. The summed E-state index contributed by atoms with van der Waals surface area (Å²) < 4.78 is 54.0. The van der Waals surface area contributed by atoms with Crippen molar-refractivity contribution in [1.29, 1.82) is 0 Å². The van der Waals surface area contributed by atoms with Crippen LogP contribution in [0.3, 0.4) is 0 Å². The fourth-order valence-corrected chi connectivity index (χ4v) is 6.11. The Morgan fingerprint density at radius 3 is 2.27 bits per heavy atom. The predicted molar refractivity (Wildman–Crippen MR) is 85.3 cm³/mol. The Morgan fingerprint density at radius 1 is 1.18 bits per heavy atom. The first-order valence-electron chi connectivity index (χ1n) is 6.36. The number of halogens is 5. The Balaban J connectivity index is 2.34. The van der Waals surface area contributed by atoms with Crippen molar-refractivity contribution in [2.24, 2.45) is 0 Å². The van der Waals surface area contributed by atoms with Gasteiger partial charge in [-0.25, -0.2) is 17.6 Å². The van der Waals surface area contributed by atoms with Gasteiger partial charge in [-0.1, -0.05) is 6.08 Å². The van der Waals surface area contributed by atoms with Crippen LogP contribution in [0.15, 0.2) is 34.1 Å². The van der Waals surface area contributed by atoms with Crippen LogP contribution in [-0.4, -0.2) is 16.9 Å². The first kappa shape index (κ1) is 17.8. The molecule has 0 amide bonds. The summed E-state index contributed by atoms with van der Waals surface area (Å²) in [7, 11) is -1.76. The molecule has 8 heteroatoms. The molecule has 0 aromatic carbocycles. The van der Waals surface area contributed by atoms with E-state index in [1.807, 2.05) is 0 Å². The van der Waals surface area contributed by atoms with Crippen LogP contribution in [0.1, 0.15) is 29.0 Å². The summed E-state index contributed by atoms with van der Waals surface area (Å²) in [6, 6.07) is 2.58. The zero-order valence-electron chi connectivity index (χ0n) is 11.8. The molecule has 0 bridgehead atoms. The second kappa shape index (κ2) is 6.19. The molecule has 2 heterocycles. The summed E-state index contributed by atoms with van der Waals surface area (Å²) >= 11 is 6.50. The summed E-state index contributed by atoms with van der Waals surface area (Å²) in [6.07, 6.45) is 2.76. The van der Waals surface area contributed by atoms with Crippen molar-refractivity contribution in [3.8, 4) is 0 Å². The number of hydrogen-bond donors (Lipinski definition) is 2. The molecule has 1 aliphatic rings. The lowest BCUT2D eigenvalue weighted by Crippen LogP contribution is -2.16. The van der Waals surface area contributed by atoms with Crippen molar-refractivity contribution in [2.75, 3.05) is 5.88 Å². The van der Waals surface area contributed by atoms with E-state index in [-0.39, 0.29) is 20.5 Å². The third kappa shape index (κ3) is 3.53. The molecule has 22 heavy (non-hydrogen) atoms. The summed E-state index contributed by atoms with van der Waals surface area (Å²) in [4.78, 5) is 0.361. The van der Waals surface area contributed by atoms with Gasteiger partial charge in [-0.15, -0.1) is 22.9 Å². The first-order chi connectivity index (χ1) is 10.1. The maximum Gasteiger partial charge on any atom is 0.279 e. The van der Waals surface area contributed by atoms with Gasteiger partial charge in [0, 0.05) is 23.6 Å². The van der Waals surface area contributed by atoms with Crippen molar-refractivity contribution in [2.45, 2.75) is 31.1 Å². The third-order valence-corrected chi connectivity index (χ3v) is 7.86. The van der Waals surface area contributed by atoms with E-state index in [0.717, 1.165) is 25.2 Å². The van der Waals surface area contributed by atoms with E-state index in [0.29, 0.717) is 4.91 Å². The Kier molecular flexibility index (Phi) is 5.02. The van der Waals surface area contributed by atoms with Crippen molar-refractivity contribution in [3.05, 3.63) is 43.8 Å². The van der Waals surface area contributed by atoms with E-state index in [1.165, 1.54) is 24.3 Å². The Labute approximate surface area is 137 Å². The van der Waals surface area contributed by atoms with Crippen LogP contribution in [0.5, 0.6) is 0 Å². The molecule has 2 unspecified atom stereocenters. The lowest BCUT2D eigenvalue weighted by atomic mass is 10.3. The molecule has 1 aromatic heterocycles. The largest absolute Gasteiger partial charge is 0.378 e. The standard InChI is InChI=1S/C14H15ClF4OS2/c1-13(16,17)10-5-4-9(21-10)12(20)22-8(7-15)3-6-11(22)14(2,18)19/h3-6,12,20,22H,7H2,1-2H3. The minimum atomic E-state index is -3.09. The average molecular weight is 375 g/mol. The van der Waals surface area contributed by atoms with Crippen molar-refractivity contribution < 1.29 is 22.7 Å². The number of allylic oxidation sites excluding steroid dienone is 4. The van der Waals surface area contributed by atoms with Gasteiger partial charge in [-0.2, -0.15) is 10.9 Å². The molecular formula is C14H15ClF4OS2. The summed E-state index contributed by atoms with van der Waals surface area (Å²) in [5, 5.41) is 10.5. The monoisotopic (exact) mass is 374 g/mol. The molecule has 2 rings (SSSR count). The topological polar surface area (TPSA) is 20.2 Å². The van der Waals surface area contributed by atoms with Crippen LogP contribution < -0.4 is 0 Å². The molecular weight excluding hydrogens is 360 g/mol. The highest BCUT2D eigenvalue weighted by atomic mass is 35.5. The van der Waals surface area contributed by atoms with Crippen LogP contribution in [0.25, 0.3) is 0 Å². The number of thiol groups is 1. The van der Waals surface area contributed by atoms with Crippen molar-refractivity contribution >= 4 is 33.8 Å². The molecule has 1 N–H and O–H groups in total. The van der Waals surface area contributed by atoms with Gasteiger partial charge in [0.05, 0.1) is 10.8 Å². The van der Waals surface area contributed by atoms with E-state index < -0.39 is 28.2 Å². The SMILES string of the molecule is CC(F)(F)C1=CC=C(CCl)[SH]1C(O)c1ccc(C(C)(F)F)s1. The molecule has 0 spiro atoms. The average Bonchev–Trinajstić information content (AvgIpc) is 3.03. The second-order valence-corrected chi connectivity index (χ2v) is 8.73. The molecule has 1 aromatic rings. The molecule has 1 nitrogen and oxygen atoms in total. The molecule has 1 aliphatic heterocycles. The number of aliphatic hydroxyl groups is 1. The van der Waals surface area contributed by atoms with Gasteiger partial charge < -0.3 is 5.11 Å². The third-order valence-electron chi connectivity index (χ3n) is 3.15. The summed E-state index contributed by atoms with van der Waals surface area (Å²) in [5.41, 5.74) is -1.26. The van der Waals surface area contributed by atoms with E-state index in [9.17, 15) is 22.7 Å². The maximum atomic E-state index is 13.7. The van der Waals surface area contributed by atoms with Gasteiger partial charge in [0.1, 0.15) is 5.44 Å². The highest BCUT2D eigenvalue weighted by molar-refractivity contribution is 8.24. The van der Waals surface area contributed by atoms with Gasteiger partial charge in [0.25, 0.3) is 11.8 Å². The van der Waals surface area contributed by atoms with Crippen LogP contribution >= 0.6 is 33.8 Å². The van der Waals surface area contributed by atoms with E-state index in [4.69, 9.17) is 11.6 Å². The smallest absolute Gasteiger partial charge is 0.279 e. The lowest BCUT2D eigenvalue weighted by Gasteiger charge is -2.30. The molecule has 0 fully saturated rings. The number of aliphatic hydroxyl groups excluding tert-OH is 1. The Morgan fingerprint density at radius 2 is 1.82 bits per heavy atom. The number of thiophene rings is 1. The molecule has 0 saturated carbocycles. The Hall–Kier alpha value is -0.500. The van der Waals surface area contributed by atoms with Gasteiger partial charge in [-0.3, -0.25) is 0 Å². The minimum Gasteiger partial charge on any atom is -0.378 e. The minimum absolute atomic E-state index is 0.0149. The highest BCUT2D eigenvalue weighted by Crippen LogP contribution is 2.61. The lowest BCUT2D eigenvalue weighted by molar-refractivity contribution is 0.0215. The summed E-state index contributed by atoms with van der Waals surface area (Å²) in [6.45, 7) is 1.51. The number of rotatable bonds is 5. The van der Waals surface area contributed by atoms with Crippen LogP contribution in [0.4, 0.5) is 17.6 Å². The van der Waals surface area contributed by atoms with Crippen LogP contribution in [-0.2, 0) is 5.92 Å². The molecule has 0 saturated heterocycles. The van der Waals surface area contributed by atoms with Gasteiger partial charge in [0.2, 0.25) is 0 Å².